The van der Waals surface area contributed by atoms with Crippen LogP contribution < -0.4 is 5.32 Å². The Labute approximate surface area is 146 Å². The zero-order chi connectivity index (χ0) is 17.4. The third-order valence-corrected chi connectivity index (χ3v) is 3.14. The standard InChI is InChI=1S/C14H15IN2O6/c1-3-22-13(18)8-11(14(19)23-4-2)16-10-7-9(15)5-6-12(10)17(20)21/h5-8,16H,3-4H2,1-2H3. The van der Waals surface area contributed by atoms with Gasteiger partial charge < -0.3 is 14.8 Å². The second-order valence-electron chi connectivity index (χ2n) is 4.07. The van der Waals surface area contributed by atoms with E-state index in [1.54, 1.807) is 19.9 Å². The van der Waals surface area contributed by atoms with Crippen molar-refractivity contribution >= 4 is 45.9 Å². The first-order chi connectivity index (χ1) is 10.9. The van der Waals surface area contributed by atoms with Gasteiger partial charge in [-0.1, -0.05) is 0 Å². The maximum Gasteiger partial charge on any atom is 0.355 e. The van der Waals surface area contributed by atoms with Gasteiger partial charge in [-0.05, 0) is 48.6 Å². The van der Waals surface area contributed by atoms with Crippen LogP contribution in [0.1, 0.15) is 13.8 Å². The minimum atomic E-state index is -0.811. The number of nitrogens with zero attached hydrogens (tertiary/aromatic N) is 1. The molecule has 23 heavy (non-hydrogen) atoms. The lowest BCUT2D eigenvalue weighted by atomic mass is 10.2. The number of hydrogen-bond acceptors (Lipinski definition) is 7. The van der Waals surface area contributed by atoms with Crippen molar-refractivity contribution in [2.45, 2.75) is 13.8 Å². The molecule has 0 amide bonds. The van der Waals surface area contributed by atoms with Gasteiger partial charge in [0.2, 0.25) is 0 Å². The quantitative estimate of drug-likeness (QED) is 0.231. The van der Waals surface area contributed by atoms with Crippen LogP contribution in [0.15, 0.2) is 30.0 Å². The molecule has 0 bridgehead atoms. The fourth-order valence-corrected chi connectivity index (χ4v) is 2.06. The third kappa shape index (κ3) is 5.85. The van der Waals surface area contributed by atoms with Crippen LogP contribution in [0.25, 0.3) is 0 Å². The predicted molar refractivity (Wildman–Crippen MR) is 90.8 cm³/mol. The molecule has 0 heterocycles. The van der Waals surface area contributed by atoms with E-state index in [0.717, 1.165) is 9.65 Å². The van der Waals surface area contributed by atoms with Gasteiger partial charge in [-0.15, -0.1) is 0 Å². The number of hydrogen-bond donors (Lipinski definition) is 1. The second kappa shape index (κ2) is 9.08. The summed E-state index contributed by atoms with van der Waals surface area (Å²) >= 11 is 1.98. The summed E-state index contributed by atoms with van der Waals surface area (Å²) in [6.07, 6.45) is 0.908. The summed E-state index contributed by atoms with van der Waals surface area (Å²) in [6.45, 7) is 3.45. The number of nitrogens with one attached hydrogen (secondary N) is 1. The van der Waals surface area contributed by atoms with Gasteiger partial charge in [-0.2, -0.15) is 0 Å². The third-order valence-electron chi connectivity index (χ3n) is 2.47. The van der Waals surface area contributed by atoms with Gasteiger partial charge in [0.15, 0.2) is 0 Å². The average molecular weight is 434 g/mol. The number of rotatable bonds is 7. The number of halogens is 1. The molecule has 1 aromatic rings. The first-order valence-corrected chi connectivity index (χ1v) is 7.73. The van der Waals surface area contributed by atoms with Crippen LogP contribution in [0.3, 0.4) is 0 Å². The lowest BCUT2D eigenvalue weighted by molar-refractivity contribution is -0.383. The lowest BCUT2D eigenvalue weighted by Gasteiger charge is -2.11. The highest BCUT2D eigenvalue weighted by Crippen LogP contribution is 2.27. The van der Waals surface area contributed by atoms with Crippen LogP contribution in [0.2, 0.25) is 0 Å². The van der Waals surface area contributed by atoms with Crippen molar-refractivity contribution in [2.24, 2.45) is 0 Å². The number of carbonyl (C=O) groups is 2. The summed E-state index contributed by atoms with van der Waals surface area (Å²) in [7, 11) is 0. The Hall–Kier alpha value is -2.17. The first kappa shape index (κ1) is 18.9. The Morgan fingerprint density at radius 3 is 2.52 bits per heavy atom. The van der Waals surface area contributed by atoms with Gasteiger partial charge in [-0.25, -0.2) is 9.59 Å². The molecule has 0 unspecified atom stereocenters. The smallest absolute Gasteiger partial charge is 0.355 e. The van der Waals surface area contributed by atoms with E-state index in [9.17, 15) is 19.7 Å². The number of ether oxygens (including phenoxy) is 2. The van der Waals surface area contributed by atoms with Gasteiger partial charge >= 0.3 is 11.9 Å². The van der Waals surface area contributed by atoms with Crippen molar-refractivity contribution in [3.05, 3.63) is 43.7 Å². The van der Waals surface area contributed by atoms with E-state index in [4.69, 9.17) is 9.47 Å². The summed E-state index contributed by atoms with van der Waals surface area (Å²) in [4.78, 5) is 34.0. The molecule has 8 nitrogen and oxygen atoms in total. The van der Waals surface area contributed by atoms with Crippen molar-refractivity contribution in [3.63, 3.8) is 0 Å². The van der Waals surface area contributed by atoms with E-state index in [-0.39, 0.29) is 30.3 Å². The van der Waals surface area contributed by atoms with Gasteiger partial charge in [-0.3, -0.25) is 10.1 Å². The van der Waals surface area contributed by atoms with E-state index in [0.29, 0.717) is 0 Å². The van der Waals surface area contributed by atoms with Gasteiger partial charge in [0, 0.05) is 9.64 Å². The van der Waals surface area contributed by atoms with Crippen LogP contribution in [0.4, 0.5) is 11.4 Å². The highest BCUT2D eigenvalue weighted by molar-refractivity contribution is 14.1. The molecule has 0 saturated heterocycles. The monoisotopic (exact) mass is 434 g/mol. The Morgan fingerprint density at radius 2 is 1.96 bits per heavy atom. The van der Waals surface area contributed by atoms with Crippen LogP contribution in [0, 0.1) is 13.7 Å². The number of carbonyl (C=O) groups excluding carboxylic acids is 2. The fourth-order valence-electron chi connectivity index (χ4n) is 1.57. The molecule has 1 N–H and O–H groups in total. The molecule has 0 aliphatic rings. The minimum Gasteiger partial charge on any atom is -0.463 e. The summed E-state index contributed by atoms with van der Waals surface area (Å²) < 4.78 is 10.3. The number of anilines is 1. The van der Waals surface area contributed by atoms with Crippen molar-refractivity contribution < 1.29 is 24.0 Å². The Kier molecular flexibility index (Phi) is 7.45. The average Bonchev–Trinajstić information content (AvgIpc) is 2.46. The molecular formula is C14H15IN2O6. The molecule has 0 atom stereocenters. The molecule has 1 rings (SSSR count). The van der Waals surface area contributed by atoms with E-state index < -0.39 is 16.9 Å². The lowest BCUT2D eigenvalue weighted by Crippen LogP contribution is -2.17. The topological polar surface area (TPSA) is 108 Å². The molecular weight excluding hydrogens is 419 g/mol. The highest BCUT2D eigenvalue weighted by atomic mass is 127. The number of benzene rings is 1. The normalized spacial score (nSPS) is 10.8. The van der Waals surface area contributed by atoms with Gasteiger partial charge in [0.25, 0.3) is 5.69 Å². The maximum atomic E-state index is 11.9. The van der Waals surface area contributed by atoms with E-state index >= 15 is 0 Å². The van der Waals surface area contributed by atoms with E-state index in [1.807, 2.05) is 22.6 Å². The predicted octanol–water partition coefficient (Wildman–Crippen LogP) is 2.62. The molecule has 0 radical (unpaired) electrons. The summed E-state index contributed by atoms with van der Waals surface area (Å²) in [5, 5.41) is 13.7. The van der Waals surface area contributed by atoms with Crippen molar-refractivity contribution in [1.82, 2.24) is 0 Å². The highest BCUT2D eigenvalue weighted by Gasteiger charge is 2.20. The van der Waals surface area contributed by atoms with Gasteiger partial charge in [0.1, 0.15) is 11.4 Å². The largest absolute Gasteiger partial charge is 0.463 e. The molecule has 1 aromatic carbocycles. The zero-order valence-corrected chi connectivity index (χ0v) is 14.7. The molecule has 0 aromatic heterocycles. The summed E-state index contributed by atoms with van der Waals surface area (Å²) in [5.74, 6) is -1.56. The molecule has 124 valence electrons. The molecule has 0 saturated carbocycles. The molecule has 0 aliphatic heterocycles. The number of nitro groups is 1. The second-order valence-corrected chi connectivity index (χ2v) is 5.32. The fraction of sp³-hybridized carbons (Fsp3) is 0.286. The van der Waals surface area contributed by atoms with E-state index in [1.165, 1.54) is 12.1 Å². The SMILES string of the molecule is CCOC(=O)C=C(Nc1cc(I)ccc1[N+](=O)[O-])C(=O)OCC. The van der Waals surface area contributed by atoms with Crippen molar-refractivity contribution in [1.29, 1.82) is 0 Å². The molecule has 0 fully saturated rings. The Balaban J connectivity index is 3.20. The minimum absolute atomic E-state index is 0.0745. The zero-order valence-electron chi connectivity index (χ0n) is 12.5. The Bertz CT molecular complexity index is 644. The van der Waals surface area contributed by atoms with E-state index in [2.05, 4.69) is 5.32 Å². The molecule has 0 aliphatic carbocycles. The molecule has 0 spiro atoms. The Morgan fingerprint density at radius 1 is 1.30 bits per heavy atom. The summed E-state index contributed by atoms with van der Waals surface area (Å²) in [5.41, 5.74) is -0.398. The van der Waals surface area contributed by atoms with Crippen LogP contribution in [-0.2, 0) is 19.1 Å². The maximum absolute atomic E-state index is 11.9. The van der Waals surface area contributed by atoms with Crippen LogP contribution >= 0.6 is 22.6 Å². The number of esters is 2. The van der Waals surface area contributed by atoms with Crippen LogP contribution in [-0.4, -0.2) is 30.1 Å². The van der Waals surface area contributed by atoms with Crippen molar-refractivity contribution in [2.75, 3.05) is 18.5 Å². The summed E-state index contributed by atoms with van der Waals surface area (Å²) in [6, 6.07) is 4.34. The number of nitro benzene ring substituents is 1. The van der Waals surface area contributed by atoms with Gasteiger partial charge in [0.05, 0.1) is 24.2 Å². The van der Waals surface area contributed by atoms with Crippen LogP contribution in [0.5, 0.6) is 0 Å². The van der Waals surface area contributed by atoms with Crippen molar-refractivity contribution in [3.8, 4) is 0 Å². The first-order valence-electron chi connectivity index (χ1n) is 6.65. The molecule has 9 heteroatoms.